The van der Waals surface area contributed by atoms with Crippen LogP contribution in [-0.4, -0.2) is 18.8 Å². The van der Waals surface area contributed by atoms with Crippen molar-refractivity contribution >= 4 is 15.5 Å². The Bertz CT molecular complexity index is 505. The Morgan fingerprint density at radius 2 is 1.56 bits per heavy atom. The Kier molecular flexibility index (Phi) is 2.91. The van der Waals surface area contributed by atoms with E-state index < -0.39 is 30.9 Å². The van der Waals surface area contributed by atoms with Crippen molar-refractivity contribution in [3.05, 3.63) is 34.4 Å². The maximum absolute atomic E-state index is 12.1. The molecule has 0 atom stereocenters. The molecule has 0 fully saturated rings. The number of benzene rings is 1. The molecule has 0 aliphatic rings. The summed E-state index contributed by atoms with van der Waals surface area (Å²) in [7, 11) is -5.44. The van der Waals surface area contributed by atoms with Gasteiger partial charge in [-0.25, -0.2) is 8.42 Å². The molecule has 0 heterocycles. The second-order valence-corrected chi connectivity index (χ2v) is 4.64. The largest absolute Gasteiger partial charge is 0.501 e. The van der Waals surface area contributed by atoms with Gasteiger partial charge in [0.15, 0.2) is 0 Å². The van der Waals surface area contributed by atoms with Crippen molar-refractivity contribution in [3.63, 3.8) is 0 Å². The van der Waals surface area contributed by atoms with Crippen molar-refractivity contribution in [2.45, 2.75) is 10.4 Å². The molecule has 0 amide bonds. The lowest BCUT2D eigenvalue weighted by Gasteiger charge is -2.07. The van der Waals surface area contributed by atoms with Gasteiger partial charge in [0, 0.05) is 12.1 Å². The van der Waals surface area contributed by atoms with Crippen LogP contribution in [0.3, 0.4) is 0 Å². The van der Waals surface area contributed by atoms with Gasteiger partial charge in [0.25, 0.3) is 15.5 Å². The van der Waals surface area contributed by atoms with E-state index in [2.05, 4.69) is 0 Å². The van der Waals surface area contributed by atoms with Gasteiger partial charge in [0.2, 0.25) is 0 Å². The lowest BCUT2D eigenvalue weighted by Crippen LogP contribution is -2.23. The van der Waals surface area contributed by atoms with E-state index in [-0.39, 0.29) is 0 Å². The number of nitrogens with zero attached hydrogens (tertiary/aromatic N) is 1. The average molecular weight is 255 g/mol. The minimum absolute atomic E-state index is 0.485. The van der Waals surface area contributed by atoms with Crippen LogP contribution in [0.4, 0.5) is 18.9 Å². The molecular formula is C7H4F3NO4S. The van der Waals surface area contributed by atoms with Gasteiger partial charge in [-0.3, -0.25) is 10.1 Å². The van der Waals surface area contributed by atoms with Crippen LogP contribution in [0.2, 0.25) is 0 Å². The third-order valence-corrected chi connectivity index (χ3v) is 3.16. The molecule has 88 valence electrons. The van der Waals surface area contributed by atoms with Crippen LogP contribution < -0.4 is 0 Å². The Hall–Kier alpha value is -1.64. The van der Waals surface area contributed by atoms with E-state index in [1.165, 1.54) is 0 Å². The zero-order valence-electron chi connectivity index (χ0n) is 7.43. The molecule has 0 N–H and O–H groups in total. The van der Waals surface area contributed by atoms with Crippen molar-refractivity contribution in [1.82, 2.24) is 0 Å². The van der Waals surface area contributed by atoms with E-state index in [1.807, 2.05) is 0 Å². The van der Waals surface area contributed by atoms with E-state index >= 15 is 0 Å². The smallest absolute Gasteiger partial charge is 0.258 e. The predicted octanol–water partition coefficient (Wildman–Crippen LogP) is 1.89. The first kappa shape index (κ1) is 12.4. The molecule has 5 nitrogen and oxygen atoms in total. The summed E-state index contributed by atoms with van der Waals surface area (Å²) in [6.07, 6.45) is 0. The summed E-state index contributed by atoms with van der Waals surface area (Å²) in [5, 5.41) is 10.2. The Labute approximate surface area is 87.6 Å². The molecule has 16 heavy (non-hydrogen) atoms. The second kappa shape index (κ2) is 3.74. The lowest BCUT2D eigenvalue weighted by molar-refractivity contribution is -0.384. The first-order valence-electron chi connectivity index (χ1n) is 3.72. The molecule has 0 aromatic heterocycles. The number of hydrogen-bond acceptors (Lipinski definition) is 4. The lowest BCUT2D eigenvalue weighted by atomic mass is 10.3. The van der Waals surface area contributed by atoms with Gasteiger partial charge in [-0.05, 0) is 12.1 Å². The molecule has 9 heteroatoms. The average Bonchev–Trinajstić information content (AvgIpc) is 2.16. The normalized spacial score (nSPS) is 12.4. The van der Waals surface area contributed by atoms with Crippen LogP contribution in [0.5, 0.6) is 0 Å². The molecule has 0 unspecified atom stereocenters. The Balaban J connectivity index is 3.23. The molecule has 1 rings (SSSR count). The van der Waals surface area contributed by atoms with Gasteiger partial charge in [-0.2, -0.15) is 13.2 Å². The van der Waals surface area contributed by atoms with Crippen molar-refractivity contribution in [3.8, 4) is 0 Å². The molecule has 1 aromatic carbocycles. The first-order valence-corrected chi connectivity index (χ1v) is 5.20. The number of hydrogen-bond donors (Lipinski definition) is 0. The minimum atomic E-state index is -5.44. The first-order chi connectivity index (χ1) is 7.16. The van der Waals surface area contributed by atoms with Crippen LogP contribution in [0.1, 0.15) is 0 Å². The van der Waals surface area contributed by atoms with E-state index in [9.17, 15) is 31.7 Å². The van der Waals surface area contributed by atoms with Crippen LogP contribution in [0.15, 0.2) is 29.2 Å². The summed E-state index contributed by atoms with van der Waals surface area (Å²) >= 11 is 0. The minimum Gasteiger partial charge on any atom is -0.258 e. The topological polar surface area (TPSA) is 77.3 Å². The van der Waals surface area contributed by atoms with Gasteiger partial charge < -0.3 is 0 Å². The zero-order valence-corrected chi connectivity index (χ0v) is 8.25. The molecule has 0 saturated heterocycles. The summed E-state index contributed by atoms with van der Waals surface area (Å²) in [5.41, 5.74) is -5.90. The fourth-order valence-electron chi connectivity index (χ4n) is 0.881. The summed E-state index contributed by atoms with van der Waals surface area (Å²) < 4.78 is 57.8. The Morgan fingerprint density at radius 3 is 1.88 bits per heavy atom. The summed E-state index contributed by atoms with van der Waals surface area (Å²) in [4.78, 5) is 8.33. The predicted molar refractivity (Wildman–Crippen MR) is 46.3 cm³/mol. The highest BCUT2D eigenvalue weighted by Gasteiger charge is 2.46. The zero-order chi connectivity index (χ0) is 12.6. The molecule has 1 aromatic rings. The second-order valence-electron chi connectivity index (χ2n) is 2.70. The van der Waals surface area contributed by atoms with E-state index in [0.29, 0.717) is 24.3 Å². The van der Waals surface area contributed by atoms with Crippen LogP contribution in [0, 0.1) is 10.1 Å². The molecule has 0 saturated carbocycles. The van der Waals surface area contributed by atoms with Gasteiger partial charge in [-0.15, -0.1) is 0 Å². The molecule has 0 aliphatic heterocycles. The highest BCUT2D eigenvalue weighted by Crippen LogP contribution is 2.30. The van der Waals surface area contributed by atoms with Gasteiger partial charge in [0.05, 0.1) is 9.82 Å². The molecule has 0 radical (unpaired) electrons. The van der Waals surface area contributed by atoms with Crippen LogP contribution >= 0.6 is 0 Å². The van der Waals surface area contributed by atoms with E-state index in [0.717, 1.165) is 0 Å². The SMILES string of the molecule is O=[N+]([O-])c1ccc(S(=O)(=O)C(F)(F)F)cc1. The number of non-ortho nitro benzene ring substituents is 1. The highest BCUT2D eigenvalue weighted by atomic mass is 32.2. The molecule has 0 aliphatic carbocycles. The van der Waals surface area contributed by atoms with Gasteiger partial charge >= 0.3 is 5.51 Å². The Morgan fingerprint density at radius 1 is 1.12 bits per heavy atom. The van der Waals surface area contributed by atoms with Crippen LogP contribution in [-0.2, 0) is 9.84 Å². The third-order valence-electron chi connectivity index (χ3n) is 1.66. The fourth-order valence-corrected chi connectivity index (χ4v) is 1.64. The number of halogens is 3. The molecule has 0 bridgehead atoms. The number of rotatable bonds is 2. The van der Waals surface area contributed by atoms with E-state index in [1.54, 1.807) is 0 Å². The van der Waals surface area contributed by atoms with Crippen molar-refractivity contribution < 1.29 is 26.5 Å². The van der Waals surface area contributed by atoms with E-state index in [4.69, 9.17) is 0 Å². The number of nitro benzene ring substituents is 1. The summed E-state index contributed by atoms with van der Waals surface area (Å²) in [6.45, 7) is 0. The summed E-state index contributed by atoms with van der Waals surface area (Å²) in [5.74, 6) is 0. The van der Waals surface area contributed by atoms with Gasteiger partial charge in [-0.1, -0.05) is 0 Å². The number of sulfone groups is 1. The monoisotopic (exact) mass is 255 g/mol. The summed E-state index contributed by atoms with van der Waals surface area (Å²) in [6, 6.07) is 2.47. The molecule has 0 spiro atoms. The third kappa shape index (κ3) is 2.13. The van der Waals surface area contributed by atoms with Crippen molar-refractivity contribution in [2.75, 3.05) is 0 Å². The number of alkyl halides is 3. The fraction of sp³-hybridized carbons (Fsp3) is 0.143. The number of nitro groups is 1. The highest BCUT2D eigenvalue weighted by molar-refractivity contribution is 7.92. The maximum Gasteiger partial charge on any atom is 0.501 e. The van der Waals surface area contributed by atoms with Gasteiger partial charge in [0.1, 0.15) is 0 Å². The van der Waals surface area contributed by atoms with Crippen LogP contribution in [0.25, 0.3) is 0 Å². The maximum atomic E-state index is 12.1. The quantitative estimate of drug-likeness (QED) is 0.597. The molecular weight excluding hydrogens is 251 g/mol. The standard InChI is InChI=1S/C7H4F3NO4S/c8-7(9,10)16(14,15)6-3-1-5(2-4-6)11(12)13/h1-4H. The van der Waals surface area contributed by atoms with Crippen molar-refractivity contribution in [2.24, 2.45) is 0 Å². The van der Waals surface area contributed by atoms with Crippen molar-refractivity contribution in [1.29, 1.82) is 0 Å².